The van der Waals surface area contributed by atoms with Gasteiger partial charge in [0.05, 0.1) is 29.5 Å². The second-order valence-corrected chi connectivity index (χ2v) is 17.8. The standard InChI is InChI=1S/C49H54F2N8O6/c1-30(60)57-28-34-21-33(23-43(39(34)29-57)58-17-8-9-32-22-37(35-26-52-54(2)27-35)38(47(50)51)25-42(32)58)31-15-18-56(19-16-31)46(62)10-6-4-5-7-20-65-36-11-12-40-44(24-36)55(3)49(64)59(40)41-13-14-45(61)53-48(41)63/h11-12,21-29,31,41,47H,4-10,13-20H2,1-3H3,(H,53,61,63). The summed E-state index contributed by atoms with van der Waals surface area (Å²) in [5, 5.41) is 8.36. The highest BCUT2D eigenvalue weighted by molar-refractivity contribution is 6.01. The maximum absolute atomic E-state index is 14.7. The number of nitrogens with zero attached hydrogens (tertiary/aromatic N) is 7. The van der Waals surface area contributed by atoms with Crippen LogP contribution in [0.1, 0.15) is 111 Å². The molecule has 2 saturated heterocycles. The first-order valence-electron chi connectivity index (χ1n) is 22.7. The molecule has 0 radical (unpaired) electrons. The van der Waals surface area contributed by atoms with Crippen molar-refractivity contribution in [3.8, 4) is 16.9 Å². The number of nitrogens with one attached hydrogen (secondary N) is 1. The quantitative estimate of drug-likeness (QED) is 0.0905. The van der Waals surface area contributed by atoms with Crippen LogP contribution in [0, 0.1) is 0 Å². The molecule has 1 atom stereocenters. The number of halogens is 2. The molecule has 16 heteroatoms. The molecule has 1 unspecified atom stereocenters. The van der Waals surface area contributed by atoms with E-state index in [9.17, 15) is 32.8 Å². The van der Waals surface area contributed by atoms with Crippen molar-refractivity contribution in [1.82, 2.24) is 33.7 Å². The molecule has 65 heavy (non-hydrogen) atoms. The summed E-state index contributed by atoms with van der Waals surface area (Å²) in [5.74, 6) is 0.0458. The average Bonchev–Trinajstić information content (AvgIpc) is 4.00. The van der Waals surface area contributed by atoms with Gasteiger partial charge in [0.15, 0.2) is 0 Å². The summed E-state index contributed by atoms with van der Waals surface area (Å²) in [6, 6.07) is 12.5. The van der Waals surface area contributed by atoms with E-state index < -0.39 is 18.4 Å². The number of hydrogen-bond donors (Lipinski definition) is 1. The monoisotopic (exact) mass is 888 g/mol. The Morgan fingerprint density at radius 1 is 0.877 bits per heavy atom. The Balaban J connectivity index is 0.798. The third-order valence-corrected chi connectivity index (χ3v) is 13.5. The van der Waals surface area contributed by atoms with Crippen molar-refractivity contribution in [3.63, 3.8) is 0 Å². The molecule has 0 spiro atoms. The highest BCUT2D eigenvalue weighted by atomic mass is 19.3. The Morgan fingerprint density at radius 2 is 1.68 bits per heavy atom. The lowest BCUT2D eigenvalue weighted by atomic mass is 9.87. The van der Waals surface area contributed by atoms with Gasteiger partial charge >= 0.3 is 5.69 Å². The van der Waals surface area contributed by atoms with E-state index in [0.717, 1.165) is 84.6 Å². The van der Waals surface area contributed by atoms with Gasteiger partial charge in [-0.05, 0) is 104 Å². The molecule has 3 amide bonds. The van der Waals surface area contributed by atoms with Crippen molar-refractivity contribution in [2.24, 2.45) is 14.1 Å². The number of likely N-dealkylation sites (tertiary alicyclic amines) is 1. The van der Waals surface area contributed by atoms with E-state index in [4.69, 9.17) is 4.74 Å². The van der Waals surface area contributed by atoms with Crippen LogP contribution in [0.4, 0.5) is 20.2 Å². The Bertz CT molecular complexity index is 2880. The zero-order chi connectivity index (χ0) is 45.5. The molecule has 3 aliphatic heterocycles. The number of benzene rings is 3. The fourth-order valence-electron chi connectivity index (χ4n) is 9.99. The van der Waals surface area contributed by atoms with E-state index in [0.29, 0.717) is 60.6 Å². The molecule has 6 heterocycles. The number of anilines is 2. The first-order chi connectivity index (χ1) is 31.3. The zero-order valence-corrected chi connectivity index (χ0v) is 37.0. The van der Waals surface area contributed by atoms with Crippen molar-refractivity contribution >= 4 is 56.8 Å². The van der Waals surface area contributed by atoms with Gasteiger partial charge in [-0.2, -0.15) is 5.10 Å². The van der Waals surface area contributed by atoms with Gasteiger partial charge in [-0.1, -0.05) is 12.8 Å². The van der Waals surface area contributed by atoms with E-state index in [-0.39, 0.29) is 47.7 Å². The van der Waals surface area contributed by atoms with Crippen molar-refractivity contribution in [1.29, 1.82) is 0 Å². The van der Waals surface area contributed by atoms with Gasteiger partial charge in [-0.3, -0.25) is 42.9 Å². The van der Waals surface area contributed by atoms with Gasteiger partial charge < -0.3 is 14.5 Å². The molecule has 9 rings (SSSR count). The third kappa shape index (κ3) is 8.69. The maximum Gasteiger partial charge on any atom is 0.329 e. The summed E-state index contributed by atoms with van der Waals surface area (Å²) in [5.41, 5.74) is 5.80. The lowest BCUT2D eigenvalue weighted by Gasteiger charge is -2.35. The molecule has 6 aromatic rings. The first-order valence-corrected chi connectivity index (χ1v) is 22.7. The molecule has 3 aromatic heterocycles. The number of imidazole rings is 1. The van der Waals surface area contributed by atoms with Gasteiger partial charge in [0.1, 0.15) is 11.8 Å². The average molecular weight is 889 g/mol. The number of rotatable bonds is 13. The number of piperidine rings is 2. The topological polar surface area (TPSA) is 146 Å². The molecule has 3 aromatic carbocycles. The largest absolute Gasteiger partial charge is 0.494 e. The summed E-state index contributed by atoms with van der Waals surface area (Å²) in [6.45, 7) is 3.95. The van der Waals surface area contributed by atoms with Crippen molar-refractivity contribution in [2.75, 3.05) is 31.1 Å². The highest BCUT2D eigenvalue weighted by Gasteiger charge is 2.32. The van der Waals surface area contributed by atoms with Gasteiger partial charge in [-0.25, -0.2) is 13.6 Å². The lowest BCUT2D eigenvalue weighted by Crippen LogP contribution is -2.44. The number of unbranched alkanes of at least 4 members (excludes halogenated alkanes) is 3. The minimum absolute atomic E-state index is 0.0353. The summed E-state index contributed by atoms with van der Waals surface area (Å²) < 4.78 is 41.6. The third-order valence-electron chi connectivity index (χ3n) is 13.5. The number of ether oxygens (including phenoxy) is 1. The van der Waals surface area contributed by atoms with Crippen LogP contribution in [-0.2, 0) is 34.9 Å². The van der Waals surface area contributed by atoms with Gasteiger partial charge in [0.25, 0.3) is 6.43 Å². The predicted molar refractivity (Wildman–Crippen MR) is 243 cm³/mol. The minimum atomic E-state index is -2.68. The Hall–Kier alpha value is -6.58. The summed E-state index contributed by atoms with van der Waals surface area (Å²) >= 11 is 0. The molecule has 0 saturated carbocycles. The Morgan fingerprint density at radius 3 is 2.42 bits per heavy atom. The number of amides is 3. The highest BCUT2D eigenvalue weighted by Crippen LogP contribution is 2.45. The number of fused-ring (bicyclic) bond motifs is 3. The van der Waals surface area contributed by atoms with Crippen LogP contribution in [-0.4, -0.2) is 78.3 Å². The Labute approximate surface area is 374 Å². The van der Waals surface area contributed by atoms with Crippen LogP contribution >= 0.6 is 0 Å². The van der Waals surface area contributed by atoms with Gasteiger partial charge in [0, 0.05) is 106 Å². The number of hydrogen-bond acceptors (Lipinski definition) is 8. The molecule has 1 N–H and O–H groups in total. The molecule has 340 valence electrons. The zero-order valence-electron chi connectivity index (χ0n) is 37.0. The summed E-state index contributed by atoms with van der Waals surface area (Å²) in [4.78, 5) is 67.3. The fourth-order valence-corrected chi connectivity index (χ4v) is 9.99. The Kier molecular flexibility index (Phi) is 12.2. The van der Waals surface area contributed by atoms with Crippen molar-refractivity contribution in [3.05, 3.63) is 94.4 Å². The van der Waals surface area contributed by atoms with Gasteiger partial charge in [0.2, 0.25) is 23.6 Å². The first kappa shape index (κ1) is 43.7. The number of carbonyl (C=O) groups is 4. The molecule has 3 aliphatic rings. The second-order valence-electron chi connectivity index (χ2n) is 17.8. The molecule has 0 bridgehead atoms. The van der Waals surface area contributed by atoms with E-state index in [1.807, 2.05) is 23.4 Å². The number of alkyl halides is 2. The SMILES string of the molecule is CC(=O)n1cc2cc(C3CCN(C(=O)CCCCCCOc4ccc5c(c4)n(C)c(=O)n5C4CCC(=O)NC4=O)CC3)cc(N3CCCc4cc(-c5cnn(C)c5)c(C(F)F)cc43)c2c1. The van der Waals surface area contributed by atoms with Crippen LogP contribution in [0.15, 0.2) is 72.0 Å². The second kappa shape index (κ2) is 18.1. The van der Waals surface area contributed by atoms with Crippen LogP contribution in [0.3, 0.4) is 0 Å². The number of carbonyl (C=O) groups excluding carboxylic acids is 4. The maximum atomic E-state index is 14.7. The number of imide groups is 1. The molecule has 14 nitrogen and oxygen atoms in total. The van der Waals surface area contributed by atoms with Crippen LogP contribution in [0.5, 0.6) is 5.75 Å². The molecular weight excluding hydrogens is 835 g/mol. The number of aromatic nitrogens is 5. The summed E-state index contributed by atoms with van der Waals surface area (Å²) in [7, 11) is 3.42. The van der Waals surface area contributed by atoms with Crippen molar-refractivity contribution < 1.29 is 32.7 Å². The molecule has 2 fully saturated rings. The van der Waals surface area contributed by atoms with Crippen LogP contribution < -0.4 is 20.6 Å². The van der Waals surface area contributed by atoms with Gasteiger partial charge in [-0.15, -0.1) is 0 Å². The molecule has 0 aliphatic carbocycles. The molecular formula is C49H54F2N8O6. The lowest BCUT2D eigenvalue weighted by molar-refractivity contribution is -0.136. The summed E-state index contributed by atoms with van der Waals surface area (Å²) in [6.07, 6.45) is 11.9. The fraction of sp³-hybridized carbons (Fsp3) is 0.429. The van der Waals surface area contributed by atoms with E-state index in [1.54, 1.807) is 60.0 Å². The normalized spacial score (nSPS) is 17.0. The van der Waals surface area contributed by atoms with Crippen LogP contribution in [0.25, 0.3) is 32.9 Å². The number of aryl methyl sites for hydroxylation is 3. The smallest absolute Gasteiger partial charge is 0.329 e. The van der Waals surface area contributed by atoms with Crippen LogP contribution in [0.2, 0.25) is 0 Å². The van der Waals surface area contributed by atoms with E-state index in [2.05, 4.69) is 27.4 Å². The predicted octanol–water partition coefficient (Wildman–Crippen LogP) is 8.09. The van der Waals surface area contributed by atoms with Crippen molar-refractivity contribution in [2.45, 2.75) is 95.9 Å². The van der Waals surface area contributed by atoms with E-state index >= 15 is 0 Å². The van der Waals surface area contributed by atoms with E-state index in [1.165, 1.54) is 16.1 Å². The minimum Gasteiger partial charge on any atom is -0.494 e.